The number of carbonyl (C=O) groups is 1. The minimum atomic E-state index is -4.56. The molecule has 1 aromatic heterocycles. The number of rotatable bonds is 7. The highest BCUT2D eigenvalue weighted by Gasteiger charge is 2.31. The Kier molecular flexibility index (Phi) is 6.22. The molecule has 2 aromatic rings. The van der Waals surface area contributed by atoms with E-state index in [1.54, 1.807) is 12.1 Å². The third-order valence-electron chi connectivity index (χ3n) is 3.03. The van der Waals surface area contributed by atoms with Crippen molar-refractivity contribution in [1.29, 1.82) is 0 Å². The maximum absolute atomic E-state index is 12.7. The molecule has 25 heavy (non-hydrogen) atoms. The van der Waals surface area contributed by atoms with Crippen LogP contribution in [-0.4, -0.2) is 25.2 Å². The van der Waals surface area contributed by atoms with Crippen molar-refractivity contribution < 1.29 is 32.2 Å². The summed E-state index contributed by atoms with van der Waals surface area (Å²) in [6, 6.07) is 5.38. The standard InChI is InChI=1S/C16H13ClF3NO4/c1-23-9-24-12-3-2-10(4-5-22)14(7-12)25-15-13(17)6-11(8-21-15)16(18,19)20/h2-3,5-8H,4,9H2,1H3. The molecule has 0 spiro atoms. The monoisotopic (exact) mass is 375 g/mol. The van der Waals surface area contributed by atoms with E-state index in [9.17, 15) is 18.0 Å². The van der Waals surface area contributed by atoms with E-state index in [0.29, 0.717) is 29.9 Å². The third kappa shape index (κ3) is 5.07. The molecule has 0 aliphatic rings. The molecule has 0 saturated heterocycles. The van der Waals surface area contributed by atoms with Crippen LogP contribution in [0.3, 0.4) is 0 Å². The van der Waals surface area contributed by atoms with E-state index in [1.807, 2.05) is 0 Å². The van der Waals surface area contributed by atoms with Gasteiger partial charge in [0.1, 0.15) is 22.8 Å². The van der Waals surface area contributed by atoms with Gasteiger partial charge in [-0.2, -0.15) is 13.2 Å². The number of ether oxygens (including phenoxy) is 3. The Morgan fingerprint density at radius 2 is 2.04 bits per heavy atom. The molecule has 0 radical (unpaired) electrons. The van der Waals surface area contributed by atoms with Crippen LogP contribution in [0, 0.1) is 0 Å². The van der Waals surface area contributed by atoms with E-state index in [0.717, 1.165) is 0 Å². The highest BCUT2D eigenvalue weighted by atomic mass is 35.5. The smallest absolute Gasteiger partial charge is 0.417 e. The van der Waals surface area contributed by atoms with Crippen molar-refractivity contribution in [2.45, 2.75) is 12.6 Å². The van der Waals surface area contributed by atoms with Crippen molar-refractivity contribution in [3.8, 4) is 17.4 Å². The zero-order valence-electron chi connectivity index (χ0n) is 13.0. The SMILES string of the molecule is COCOc1ccc(CC=O)c(Oc2ncc(C(F)(F)F)cc2Cl)c1. The topological polar surface area (TPSA) is 57.7 Å². The van der Waals surface area contributed by atoms with Crippen LogP contribution < -0.4 is 9.47 Å². The summed E-state index contributed by atoms with van der Waals surface area (Å²) in [6.45, 7) is -0.00818. The van der Waals surface area contributed by atoms with E-state index in [4.69, 9.17) is 25.8 Å². The highest BCUT2D eigenvalue weighted by molar-refractivity contribution is 6.31. The maximum atomic E-state index is 12.7. The van der Waals surface area contributed by atoms with Gasteiger partial charge >= 0.3 is 6.18 Å². The van der Waals surface area contributed by atoms with Gasteiger partial charge in [-0.05, 0) is 12.1 Å². The maximum Gasteiger partial charge on any atom is 0.417 e. The van der Waals surface area contributed by atoms with Gasteiger partial charge in [0.15, 0.2) is 6.79 Å². The zero-order valence-corrected chi connectivity index (χ0v) is 13.7. The summed E-state index contributed by atoms with van der Waals surface area (Å²) in [5, 5.41) is -0.310. The van der Waals surface area contributed by atoms with E-state index in [1.165, 1.54) is 13.2 Å². The first-order chi connectivity index (χ1) is 11.8. The van der Waals surface area contributed by atoms with E-state index in [-0.39, 0.29) is 29.9 Å². The summed E-state index contributed by atoms with van der Waals surface area (Å²) >= 11 is 5.83. The molecule has 0 aliphatic heterocycles. The molecule has 0 aliphatic carbocycles. The second-order valence-corrected chi connectivity index (χ2v) is 5.21. The molecular formula is C16H13ClF3NO4. The summed E-state index contributed by atoms with van der Waals surface area (Å²) in [5.41, 5.74) is -0.493. The van der Waals surface area contributed by atoms with Gasteiger partial charge in [-0.3, -0.25) is 0 Å². The molecule has 0 saturated carbocycles. The lowest BCUT2D eigenvalue weighted by molar-refractivity contribution is -0.137. The van der Waals surface area contributed by atoms with Crippen LogP contribution >= 0.6 is 11.6 Å². The average molecular weight is 376 g/mol. The largest absolute Gasteiger partial charge is 0.467 e. The number of nitrogens with zero attached hydrogens (tertiary/aromatic N) is 1. The van der Waals surface area contributed by atoms with Gasteiger partial charge in [-0.25, -0.2) is 4.98 Å². The van der Waals surface area contributed by atoms with Gasteiger partial charge in [-0.1, -0.05) is 17.7 Å². The molecule has 0 fully saturated rings. The van der Waals surface area contributed by atoms with Crippen molar-refractivity contribution in [1.82, 2.24) is 4.98 Å². The summed E-state index contributed by atoms with van der Waals surface area (Å²) in [4.78, 5) is 14.4. The fourth-order valence-corrected chi connectivity index (χ4v) is 2.07. The molecule has 0 atom stereocenters. The second kappa shape index (κ2) is 8.17. The molecule has 0 N–H and O–H groups in total. The predicted octanol–water partition coefficient (Wildman–Crippen LogP) is 4.27. The summed E-state index contributed by atoms with van der Waals surface area (Å²) in [6.07, 6.45) is -3.24. The zero-order chi connectivity index (χ0) is 18.4. The van der Waals surface area contributed by atoms with Crippen molar-refractivity contribution in [3.05, 3.63) is 46.6 Å². The fourth-order valence-electron chi connectivity index (χ4n) is 1.86. The Morgan fingerprint density at radius 1 is 1.28 bits per heavy atom. The van der Waals surface area contributed by atoms with Gasteiger partial charge in [-0.15, -0.1) is 0 Å². The number of hydrogen-bond acceptors (Lipinski definition) is 5. The van der Waals surface area contributed by atoms with E-state index in [2.05, 4.69) is 4.98 Å². The second-order valence-electron chi connectivity index (χ2n) is 4.80. The number of halogens is 4. The summed E-state index contributed by atoms with van der Waals surface area (Å²) < 4.78 is 53.5. The number of methoxy groups -OCH3 is 1. The Bertz CT molecular complexity index is 753. The number of hydrogen-bond donors (Lipinski definition) is 0. The lowest BCUT2D eigenvalue weighted by Gasteiger charge is -2.13. The van der Waals surface area contributed by atoms with Crippen LogP contribution in [0.25, 0.3) is 0 Å². The Hall–Kier alpha value is -2.32. The fraction of sp³-hybridized carbons (Fsp3) is 0.250. The van der Waals surface area contributed by atoms with Gasteiger partial charge in [0.05, 0.1) is 5.56 Å². The van der Waals surface area contributed by atoms with Crippen molar-refractivity contribution in [2.75, 3.05) is 13.9 Å². The quantitative estimate of drug-likeness (QED) is 0.534. The summed E-state index contributed by atoms with van der Waals surface area (Å²) in [5.74, 6) is 0.357. The van der Waals surface area contributed by atoms with Crippen LogP contribution in [0.1, 0.15) is 11.1 Å². The number of alkyl halides is 3. The predicted molar refractivity (Wildman–Crippen MR) is 83.0 cm³/mol. The summed E-state index contributed by atoms with van der Waals surface area (Å²) in [7, 11) is 1.45. The van der Waals surface area contributed by atoms with Crippen LogP contribution in [0.15, 0.2) is 30.5 Å². The van der Waals surface area contributed by atoms with Crippen molar-refractivity contribution in [2.24, 2.45) is 0 Å². The molecule has 1 aromatic carbocycles. The number of carbonyl (C=O) groups excluding carboxylic acids is 1. The minimum Gasteiger partial charge on any atom is -0.467 e. The number of benzene rings is 1. The molecule has 1 heterocycles. The van der Waals surface area contributed by atoms with Crippen LogP contribution in [-0.2, 0) is 22.1 Å². The Balaban J connectivity index is 2.32. The third-order valence-corrected chi connectivity index (χ3v) is 3.30. The first kappa shape index (κ1) is 19.0. The molecule has 2 rings (SSSR count). The molecule has 0 unspecified atom stereocenters. The highest BCUT2D eigenvalue weighted by Crippen LogP contribution is 2.36. The number of pyridine rings is 1. The molecule has 0 amide bonds. The van der Waals surface area contributed by atoms with Crippen LogP contribution in [0.5, 0.6) is 17.4 Å². The van der Waals surface area contributed by atoms with Gasteiger partial charge in [0, 0.05) is 31.4 Å². The lowest BCUT2D eigenvalue weighted by Crippen LogP contribution is -2.06. The number of aromatic nitrogens is 1. The Morgan fingerprint density at radius 3 is 2.64 bits per heavy atom. The first-order valence-corrected chi connectivity index (χ1v) is 7.32. The van der Waals surface area contributed by atoms with E-state index >= 15 is 0 Å². The molecular weight excluding hydrogens is 363 g/mol. The lowest BCUT2D eigenvalue weighted by atomic mass is 10.1. The van der Waals surface area contributed by atoms with Gasteiger partial charge in [0.25, 0.3) is 0 Å². The minimum absolute atomic E-state index is 0.00818. The molecule has 5 nitrogen and oxygen atoms in total. The van der Waals surface area contributed by atoms with Crippen molar-refractivity contribution >= 4 is 17.9 Å². The van der Waals surface area contributed by atoms with Gasteiger partial charge in [0.2, 0.25) is 5.88 Å². The number of aldehydes is 1. The Labute approximate surface area is 146 Å². The molecule has 0 bridgehead atoms. The van der Waals surface area contributed by atoms with E-state index < -0.39 is 11.7 Å². The van der Waals surface area contributed by atoms with Crippen LogP contribution in [0.2, 0.25) is 5.02 Å². The molecule has 9 heteroatoms. The van der Waals surface area contributed by atoms with Gasteiger partial charge < -0.3 is 19.0 Å². The van der Waals surface area contributed by atoms with Crippen molar-refractivity contribution in [3.63, 3.8) is 0 Å². The average Bonchev–Trinajstić information content (AvgIpc) is 2.56. The normalized spacial score (nSPS) is 11.2. The first-order valence-electron chi connectivity index (χ1n) is 6.94. The molecule has 134 valence electrons. The van der Waals surface area contributed by atoms with Crippen LogP contribution in [0.4, 0.5) is 13.2 Å².